The number of rotatable bonds is 3. The lowest BCUT2D eigenvalue weighted by molar-refractivity contribution is 0.254. The number of halogens is 2. The number of likely N-dealkylation sites (tertiary alicyclic amines) is 1. The molecule has 12 heavy (non-hydrogen) atoms. The Bertz CT molecular complexity index is 121. The van der Waals surface area contributed by atoms with E-state index in [1.165, 1.54) is 19.3 Å². The molecule has 1 heterocycles. The van der Waals surface area contributed by atoms with Crippen molar-refractivity contribution in [3.63, 3.8) is 0 Å². The van der Waals surface area contributed by atoms with Gasteiger partial charge < -0.3 is 4.90 Å². The third kappa shape index (κ3) is 3.40. The molecule has 0 amide bonds. The summed E-state index contributed by atoms with van der Waals surface area (Å²) in [5.74, 6) is 0.814. The Labute approximate surface area is 82.4 Å². The van der Waals surface area contributed by atoms with Gasteiger partial charge in [0, 0.05) is 11.9 Å². The molecule has 1 nitrogen and oxygen atoms in total. The van der Waals surface area contributed by atoms with Crippen LogP contribution < -0.4 is 0 Å². The lowest BCUT2D eigenvalue weighted by Gasteiger charge is -2.17. The van der Waals surface area contributed by atoms with Gasteiger partial charge in [-0.1, -0.05) is 15.9 Å². The van der Waals surface area contributed by atoms with E-state index in [4.69, 9.17) is 0 Å². The summed E-state index contributed by atoms with van der Waals surface area (Å²) in [6.45, 7) is 2.61. The zero-order chi connectivity index (χ0) is 8.81. The highest BCUT2D eigenvalue weighted by Gasteiger charge is 2.15. The van der Waals surface area contributed by atoms with Crippen molar-refractivity contribution in [1.82, 2.24) is 4.90 Å². The van der Waals surface area contributed by atoms with E-state index >= 15 is 0 Å². The van der Waals surface area contributed by atoms with Gasteiger partial charge in [0.25, 0.3) is 0 Å². The maximum Gasteiger partial charge on any atom is 0.102 e. The van der Waals surface area contributed by atoms with Crippen LogP contribution in [0.3, 0.4) is 0 Å². The van der Waals surface area contributed by atoms with E-state index in [1.54, 1.807) is 0 Å². The first-order valence-electron chi connectivity index (χ1n) is 4.71. The van der Waals surface area contributed by atoms with Gasteiger partial charge in [-0.05, 0) is 38.3 Å². The summed E-state index contributed by atoms with van der Waals surface area (Å²) in [7, 11) is 0. The first-order valence-corrected chi connectivity index (χ1v) is 5.83. The standard InChI is InChI=1S/C9H17BrFN/c10-8-9-2-1-5-12(6-3-9)7-4-11/h9H,1-8H2. The fourth-order valence-electron chi connectivity index (χ4n) is 1.72. The number of nitrogens with zero attached hydrogens (tertiary/aromatic N) is 1. The fraction of sp³-hybridized carbons (Fsp3) is 1.00. The minimum atomic E-state index is -0.195. The molecule has 0 aromatic heterocycles. The lowest BCUT2D eigenvalue weighted by Crippen LogP contribution is -2.27. The number of alkyl halides is 2. The molecule has 1 saturated heterocycles. The van der Waals surface area contributed by atoms with E-state index in [1.807, 2.05) is 0 Å². The van der Waals surface area contributed by atoms with Crippen molar-refractivity contribution in [3.8, 4) is 0 Å². The SMILES string of the molecule is FCCN1CCCC(CBr)CC1. The molecule has 0 aromatic rings. The monoisotopic (exact) mass is 237 g/mol. The molecular formula is C9H17BrFN. The summed E-state index contributed by atoms with van der Waals surface area (Å²) in [6, 6.07) is 0. The first-order chi connectivity index (χ1) is 5.86. The molecule has 1 fully saturated rings. The van der Waals surface area contributed by atoms with Gasteiger partial charge in [-0.25, -0.2) is 4.39 Å². The molecule has 1 aliphatic heterocycles. The molecule has 0 radical (unpaired) electrons. The highest BCUT2D eigenvalue weighted by molar-refractivity contribution is 9.09. The molecular weight excluding hydrogens is 221 g/mol. The van der Waals surface area contributed by atoms with Gasteiger partial charge in [0.1, 0.15) is 6.67 Å². The highest BCUT2D eigenvalue weighted by Crippen LogP contribution is 2.18. The van der Waals surface area contributed by atoms with Gasteiger partial charge in [0.05, 0.1) is 0 Å². The van der Waals surface area contributed by atoms with Crippen LogP contribution in [0.15, 0.2) is 0 Å². The molecule has 0 bridgehead atoms. The second kappa shape index (κ2) is 5.92. The Morgan fingerprint density at radius 3 is 2.83 bits per heavy atom. The second-order valence-corrected chi connectivity index (χ2v) is 4.13. The third-order valence-corrected chi connectivity index (χ3v) is 3.47. The predicted octanol–water partition coefficient (Wildman–Crippen LogP) is 2.45. The van der Waals surface area contributed by atoms with Gasteiger partial charge in [0.2, 0.25) is 0 Å². The summed E-state index contributed by atoms with van der Waals surface area (Å²) >= 11 is 3.51. The van der Waals surface area contributed by atoms with Crippen LogP contribution in [0.2, 0.25) is 0 Å². The molecule has 0 aromatic carbocycles. The molecule has 72 valence electrons. The van der Waals surface area contributed by atoms with Crippen LogP contribution in [0.5, 0.6) is 0 Å². The number of hydrogen-bond acceptors (Lipinski definition) is 1. The summed E-state index contributed by atoms with van der Waals surface area (Å²) in [5.41, 5.74) is 0. The van der Waals surface area contributed by atoms with Crippen LogP contribution in [-0.4, -0.2) is 36.5 Å². The normalized spacial score (nSPS) is 27.0. The Hall–Kier alpha value is 0.370. The zero-order valence-corrected chi connectivity index (χ0v) is 9.02. The second-order valence-electron chi connectivity index (χ2n) is 3.48. The minimum absolute atomic E-state index is 0.195. The molecule has 1 unspecified atom stereocenters. The van der Waals surface area contributed by atoms with E-state index in [9.17, 15) is 4.39 Å². The van der Waals surface area contributed by atoms with Crippen molar-refractivity contribution in [2.24, 2.45) is 5.92 Å². The maximum atomic E-state index is 12.0. The smallest absolute Gasteiger partial charge is 0.102 e. The molecule has 0 N–H and O–H groups in total. The van der Waals surface area contributed by atoms with Crippen molar-refractivity contribution in [3.05, 3.63) is 0 Å². The van der Waals surface area contributed by atoms with Crippen LogP contribution >= 0.6 is 15.9 Å². The highest BCUT2D eigenvalue weighted by atomic mass is 79.9. The van der Waals surface area contributed by atoms with Crippen molar-refractivity contribution >= 4 is 15.9 Å². The molecule has 0 spiro atoms. The maximum absolute atomic E-state index is 12.0. The first kappa shape index (κ1) is 10.5. The molecule has 0 saturated carbocycles. The van der Waals surface area contributed by atoms with Gasteiger partial charge >= 0.3 is 0 Å². The number of hydrogen-bond donors (Lipinski definition) is 0. The van der Waals surface area contributed by atoms with Crippen molar-refractivity contribution in [2.45, 2.75) is 19.3 Å². The Balaban J connectivity index is 2.24. The van der Waals surface area contributed by atoms with Gasteiger partial charge in [-0.3, -0.25) is 0 Å². The lowest BCUT2D eigenvalue weighted by atomic mass is 10.0. The Kier molecular flexibility index (Phi) is 5.16. The average molecular weight is 238 g/mol. The predicted molar refractivity (Wildman–Crippen MR) is 53.6 cm³/mol. The van der Waals surface area contributed by atoms with Gasteiger partial charge in [-0.2, -0.15) is 0 Å². The summed E-state index contributed by atoms with van der Waals surface area (Å²) in [6.07, 6.45) is 3.76. The fourth-order valence-corrected chi connectivity index (χ4v) is 2.37. The van der Waals surface area contributed by atoms with Crippen LogP contribution in [-0.2, 0) is 0 Å². The van der Waals surface area contributed by atoms with Gasteiger partial charge in [0.15, 0.2) is 0 Å². The topological polar surface area (TPSA) is 3.24 Å². The van der Waals surface area contributed by atoms with E-state index in [0.29, 0.717) is 6.54 Å². The molecule has 1 rings (SSSR count). The van der Waals surface area contributed by atoms with Crippen LogP contribution in [0.25, 0.3) is 0 Å². The minimum Gasteiger partial charge on any atom is -0.301 e. The van der Waals surface area contributed by atoms with E-state index in [2.05, 4.69) is 20.8 Å². The largest absolute Gasteiger partial charge is 0.301 e. The Morgan fingerprint density at radius 2 is 2.17 bits per heavy atom. The van der Waals surface area contributed by atoms with E-state index < -0.39 is 0 Å². The van der Waals surface area contributed by atoms with Crippen LogP contribution in [0.4, 0.5) is 4.39 Å². The average Bonchev–Trinajstić information content (AvgIpc) is 2.31. The zero-order valence-electron chi connectivity index (χ0n) is 7.44. The van der Waals surface area contributed by atoms with Gasteiger partial charge in [-0.15, -0.1) is 0 Å². The third-order valence-electron chi connectivity index (χ3n) is 2.56. The van der Waals surface area contributed by atoms with Crippen LogP contribution in [0.1, 0.15) is 19.3 Å². The summed E-state index contributed by atoms with van der Waals surface area (Å²) < 4.78 is 12.0. The quantitative estimate of drug-likeness (QED) is 0.682. The van der Waals surface area contributed by atoms with E-state index in [-0.39, 0.29) is 6.67 Å². The van der Waals surface area contributed by atoms with Crippen molar-refractivity contribution < 1.29 is 4.39 Å². The molecule has 1 atom stereocenters. The van der Waals surface area contributed by atoms with Crippen molar-refractivity contribution in [2.75, 3.05) is 31.6 Å². The van der Waals surface area contributed by atoms with Crippen molar-refractivity contribution in [1.29, 1.82) is 0 Å². The molecule has 1 aliphatic rings. The molecule has 0 aliphatic carbocycles. The van der Waals surface area contributed by atoms with E-state index in [0.717, 1.165) is 24.3 Å². The molecule has 3 heteroatoms. The summed E-state index contributed by atoms with van der Waals surface area (Å²) in [4.78, 5) is 2.24. The summed E-state index contributed by atoms with van der Waals surface area (Å²) in [5, 5.41) is 1.11. The van der Waals surface area contributed by atoms with Crippen LogP contribution in [0, 0.1) is 5.92 Å². The Morgan fingerprint density at radius 1 is 1.33 bits per heavy atom.